The van der Waals surface area contributed by atoms with Gasteiger partial charge in [0, 0.05) is 23.2 Å². The van der Waals surface area contributed by atoms with Gasteiger partial charge in [0.15, 0.2) is 5.13 Å². The van der Waals surface area contributed by atoms with Crippen molar-refractivity contribution in [1.82, 2.24) is 4.98 Å². The maximum Gasteiger partial charge on any atom is 0.273 e. The number of rotatable bonds is 4. The Morgan fingerprint density at radius 2 is 2.05 bits per heavy atom. The van der Waals surface area contributed by atoms with Crippen molar-refractivity contribution < 1.29 is 0 Å². The lowest BCUT2D eigenvalue weighted by Crippen LogP contribution is -2.26. The Bertz CT molecular complexity index is 650. The smallest absolute Gasteiger partial charge is 0.273 e. The summed E-state index contributed by atoms with van der Waals surface area (Å²) in [6, 6.07) is 1.67. The van der Waals surface area contributed by atoms with Gasteiger partial charge in [0.05, 0.1) is 0 Å². The van der Waals surface area contributed by atoms with Gasteiger partial charge in [-0.1, -0.05) is 33.8 Å². The highest BCUT2D eigenvalue weighted by atomic mass is 32.1. The fourth-order valence-electron chi connectivity index (χ4n) is 2.62. The second-order valence-corrected chi connectivity index (χ2v) is 7.63. The molecule has 0 spiro atoms. The highest BCUT2D eigenvalue weighted by Gasteiger charge is 2.21. The summed E-state index contributed by atoms with van der Waals surface area (Å²) in [4.78, 5) is 19.6. The number of likely N-dealkylation sites (N-methyl/N-ethyl adjacent to an activating group) is 1. The molecule has 120 valence electrons. The molecule has 3 nitrogen and oxygen atoms in total. The van der Waals surface area contributed by atoms with Crippen molar-refractivity contribution in [1.29, 1.82) is 0 Å². The normalized spacial score (nSPS) is 15.3. The van der Waals surface area contributed by atoms with E-state index in [9.17, 15) is 4.79 Å². The Hall–Kier alpha value is -1.42. The number of allylic oxidation sites excluding steroid dienone is 3. The minimum absolute atomic E-state index is 0.0364. The van der Waals surface area contributed by atoms with Crippen LogP contribution in [-0.4, -0.2) is 11.5 Å². The van der Waals surface area contributed by atoms with E-state index in [2.05, 4.69) is 56.7 Å². The quantitative estimate of drug-likeness (QED) is 0.810. The summed E-state index contributed by atoms with van der Waals surface area (Å²) in [5, 5.41) is 0.812. The molecule has 1 aliphatic carbocycles. The van der Waals surface area contributed by atoms with E-state index < -0.39 is 0 Å². The minimum atomic E-state index is -0.143. The number of aromatic nitrogens is 1. The van der Waals surface area contributed by atoms with E-state index in [0.29, 0.717) is 0 Å². The molecule has 0 saturated heterocycles. The Kier molecular flexibility index (Phi) is 5.22. The van der Waals surface area contributed by atoms with Crippen LogP contribution in [0.3, 0.4) is 0 Å². The van der Waals surface area contributed by atoms with Crippen LogP contribution in [0.15, 0.2) is 34.3 Å². The highest BCUT2D eigenvalue weighted by Crippen LogP contribution is 2.33. The minimum Gasteiger partial charge on any atom is -0.318 e. The summed E-state index contributed by atoms with van der Waals surface area (Å²) < 4.78 is 0. The zero-order valence-electron chi connectivity index (χ0n) is 14.3. The fraction of sp³-hybridized carbons (Fsp3) is 0.556. The lowest BCUT2D eigenvalue weighted by molar-refractivity contribution is 0.602. The molecule has 0 aliphatic heterocycles. The van der Waals surface area contributed by atoms with Crippen molar-refractivity contribution in [3.8, 4) is 0 Å². The molecule has 2 rings (SSSR count). The molecular weight excluding hydrogens is 292 g/mol. The van der Waals surface area contributed by atoms with E-state index in [1.165, 1.54) is 11.3 Å². The predicted octanol–water partition coefficient (Wildman–Crippen LogP) is 4.64. The molecule has 4 heteroatoms. The fourth-order valence-corrected chi connectivity index (χ4v) is 3.76. The summed E-state index contributed by atoms with van der Waals surface area (Å²) in [6.07, 6.45) is 7.66. The van der Waals surface area contributed by atoms with Gasteiger partial charge >= 0.3 is 0 Å². The topological polar surface area (TPSA) is 33.2 Å². The van der Waals surface area contributed by atoms with Gasteiger partial charge in [-0.3, -0.25) is 4.79 Å². The first-order chi connectivity index (χ1) is 10.4. The largest absolute Gasteiger partial charge is 0.318 e. The zero-order valence-corrected chi connectivity index (χ0v) is 15.1. The van der Waals surface area contributed by atoms with Crippen LogP contribution in [0.1, 0.15) is 58.8 Å². The first-order valence-electron chi connectivity index (χ1n) is 8.05. The Labute approximate surface area is 137 Å². The second kappa shape index (κ2) is 6.78. The van der Waals surface area contributed by atoms with E-state index in [1.807, 2.05) is 0 Å². The van der Waals surface area contributed by atoms with Crippen molar-refractivity contribution in [2.45, 2.75) is 59.3 Å². The molecule has 1 aromatic heterocycles. The molecule has 1 aromatic rings. The monoisotopic (exact) mass is 318 g/mol. The average Bonchev–Trinajstić information content (AvgIpc) is 2.47. The van der Waals surface area contributed by atoms with Gasteiger partial charge in [0.1, 0.15) is 0 Å². The molecule has 22 heavy (non-hydrogen) atoms. The van der Waals surface area contributed by atoms with Gasteiger partial charge in [-0.2, -0.15) is 4.98 Å². The van der Waals surface area contributed by atoms with Crippen LogP contribution in [0, 0.1) is 0 Å². The van der Waals surface area contributed by atoms with Crippen LogP contribution in [0.2, 0.25) is 0 Å². The van der Waals surface area contributed by atoms with E-state index in [0.717, 1.165) is 35.8 Å². The predicted molar refractivity (Wildman–Crippen MR) is 95.8 cm³/mol. The van der Waals surface area contributed by atoms with Crippen molar-refractivity contribution in [3.63, 3.8) is 0 Å². The van der Waals surface area contributed by atoms with Gasteiger partial charge in [0.2, 0.25) is 0 Å². The molecule has 0 unspecified atom stereocenters. The van der Waals surface area contributed by atoms with Gasteiger partial charge in [-0.15, -0.1) is 11.3 Å². The lowest BCUT2D eigenvalue weighted by atomic mass is 9.95. The number of hydrogen-bond donors (Lipinski definition) is 0. The number of hydrogen-bond acceptors (Lipinski definition) is 4. The Balaban J connectivity index is 2.53. The van der Waals surface area contributed by atoms with Crippen molar-refractivity contribution in [2.75, 3.05) is 11.4 Å². The maximum absolute atomic E-state index is 12.0. The van der Waals surface area contributed by atoms with Crippen LogP contribution in [0.5, 0.6) is 0 Å². The lowest BCUT2D eigenvalue weighted by Gasteiger charge is -2.28. The summed E-state index contributed by atoms with van der Waals surface area (Å²) in [6.45, 7) is 11.5. The second-order valence-electron chi connectivity index (χ2n) is 6.62. The first kappa shape index (κ1) is 16.9. The van der Waals surface area contributed by atoms with Crippen molar-refractivity contribution in [2.24, 2.45) is 0 Å². The molecule has 0 N–H and O–H groups in total. The molecule has 0 radical (unpaired) electrons. The van der Waals surface area contributed by atoms with Crippen LogP contribution in [0.25, 0.3) is 0 Å². The molecule has 1 heterocycles. The average molecular weight is 318 g/mol. The number of anilines is 1. The van der Waals surface area contributed by atoms with E-state index in [4.69, 9.17) is 0 Å². The SMILES string of the molecule is CCC1=C(N(CC)c2nc(=O)cc(C(C)(C)C)s2)C=CCC1. The standard InChI is InChI=1S/C18H26N2OS/c1-6-13-10-8-9-11-14(13)20(7-2)17-19-16(21)12-15(22-17)18(3,4)5/h9,11-12H,6-8,10H2,1-5H3. The molecule has 0 amide bonds. The van der Waals surface area contributed by atoms with Crippen molar-refractivity contribution >= 4 is 16.5 Å². The molecule has 0 atom stereocenters. The third kappa shape index (κ3) is 3.67. The third-order valence-corrected chi connectivity index (χ3v) is 5.36. The molecule has 0 fully saturated rings. The maximum atomic E-state index is 12.0. The highest BCUT2D eigenvalue weighted by molar-refractivity contribution is 7.15. The van der Waals surface area contributed by atoms with Crippen LogP contribution in [-0.2, 0) is 5.41 Å². The van der Waals surface area contributed by atoms with Gasteiger partial charge in [-0.25, -0.2) is 0 Å². The number of nitrogens with zero attached hydrogens (tertiary/aromatic N) is 2. The van der Waals surface area contributed by atoms with Gasteiger partial charge < -0.3 is 4.90 Å². The Morgan fingerprint density at radius 1 is 1.32 bits per heavy atom. The zero-order chi connectivity index (χ0) is 16.3. The van der Waals surface area contributed by atoms with Crippen molar-refractivity contribution in [3.05, 3.63) is 44.7 Å². The summed E-state index contributed by atoms with van der Waals surface area (Å²) >= 11 is 1.63. The summed E-state index contributed by atoms with van der Waals surface area (Å²) in [5.74, 6) is 0. The van der Waals surface area contributed by atoms with E-state index in [-0.39, 0.29) is 11.0 Å². The summed E-state index contributed by atoms with van der Waals surface area (Å²) in [5.41, 5.74) is 2.50. The third-order valence-electron chi connectivity index (χ3n) is 3.92. The molecule has 0 saturated carbocycles. The van der Waals surface area contributed by atoms with Crippen LogP contribution < -0.4 is 10.5 Å². The summed E-state index contributed by atoms with van der Waals surface area (Å²) in [7, 11) is 0. The first-order valence-corrected chi connectivity index (χ1v) is 8.87. The molecular formula is C18H26N2OS. The van der Waals surface area contributed by atoms with E-state index in [1.54, 1.807) is 17.4 Å². The molecule has 1 aliphatic rings. The van der Waals surface area contributed by atoms with Crippen LogP contribution >= 0.6 is 11.3 Å². The van der Waals surface area contributed by atoms with Gasteiger partial charge in [-0.05, 0) is 43.3 Å². The molecule has 0 bridgehead atoms. The molecule has 0 aromatic carbocycles. The Morgan fingerprint density at radius 3 is 2.64 bits per heavy atom. The van der Waals surface area contributed by atoms with E-state index >= 15 is 0 Å². The van der Waals surface area contributed by atoms with Gasteiger partial charge in [0.25, 0.3) is 5.56 Å². The van der Waals surface area contributed by atoms with Crippen LogP contribution in [0.4, 0.5) is 5.13 Å².